The average molecular weight is 865 g/mol. The molecule has 0 spiro atoms. The van der Waals surface area contributed by atoms with Crippen molar-refractivity contribution in [1.29, 1.82) is 0 Å². The van der Waals surface area contributed by atoms with Crippen LogP contribution in [0.25, 0.3) is 27.4 Å². The lowest BCUT2D eigenvalue weighted by atomic mass is 10.0. The number of anilines is 3. The van der Waals surface area contributed by atoms with Crippen LogP contribution in [0.1, 0.15) is 63.3 Å². The summed E-state index contributed by atoms with van der Waals surface area (Å²) in [7, 11) is 1.40. The number of nitrogens with zero attached hydrogens (tertiary/aromatic N) is 7. The third kappa shape index (κ3) is 8.68. The number of piperazine rings is 1. The number of unbranched alkanes of at least 4 members (excludes halogenated alkanes) is 1. The summed E-state index contributed by atoms with van der Waals surface area (Å²) in [6.07, 6.45) is 6.22. The number of rotatable bonds is 13. The van der Waals surface area contributed by atoms with Gasteiger partial charge in [-0.05, 0) is 79.4 Å². The van der Waals surface area contributed by atoms with E-state index < -0.39 is 41.4 Å². The van der Waals surface area contributed by atoms with Gasteiger partial charge in [0.05, 0.1) is 41.7 Å². The summed E-state index contributed by atoms with van der Waals surface area (Å²) in [5.41, 5.74) is 3.89. The summed E-state index contributed by atoms with van der Waals surface area (Å²) in [6, 6.07) is 16.6. The summed E-state index contributed by atoms with van der Waals surface area (Å²) in [4.78, 5) is 98.6. The molecule has 1 atom stereocenters. The fourth-order valence-electron chi connectivity index (χ4n) is 8.03. The van der Waals surface area contributed by atoms with Crippen LogP contribution in [0, 0.1) is 12.4 Å². The fourth-order valence-corrected chi connectivity index (χ4v) is 8.03. The Morgan fingerprint density at radius 1 is 0.938 bits per heavy atom. The van der Waals surface area contributed by atoms with Crippen LogP contribution in [0.4, 0.5) is 27.1 Å². The van der Waals surface area contributed by atoms with Crippen molar-refractivity contribution in [3.63, 3.8) is 0 Å². The van der Waals surface area contributed by atoms with Gasteiger partial charge in [-0.2, -0.15) is 0 Å². The molecule has 3 aliphatic heterocycles. The van der Waals surface area contributed by atoms with Crippen molar-refractivity contribution < 1.29 is 37.9 Å². The monoisotopic (exact) mass is 864 g/mol. The zero-order valence-electron chi connectivity index (χ0n) is 34.6. The van der Waals surface area contributed by atoms with Gasteiger partial charge in [0.2, 0.25) is 17.7 Å². The van der Waals surface area contributed by atoms with Gasteiger partial charge in [-0.3, -0.25) is 44.0 Å². The maximum atomic E-state index is 14.9. The topological polar surface area (TPSA) is 200 Å². The van der Waals surface area contributed by atoms with Crippen molar-refractivity contribution in [3.8, 4) is 28.3 Å². The first-order valence-electron chi connectivity index (χ1n) is 20.6. The van der Waals surface area contributed by atoms with Crippen molar-refractivity contribution in [2.45, 2.75) is 38.1 Å². The molecule has 18 heteroatoms. The molecule has 2 saturated heterocycles. The molecule has 6 amide bonds. The number of hydrogen-bond donors (Lipinski definition) is 3. The van der Waals surface area contributed by atoms with E-state index in [1.165, 1.54) is 31.5 Å². The second-order valence-corrected chi connectivity index (χ2v) is 15.2. The number of aromatic nitrogens is 3. The van der Waals surface area contributed by atoms with Crippen LogP contribution in [0.15, 0.2) is 85.3 Å². The number of methoxy groups -OCH3 is 1. The van der Waals surface area contributed by atoms with Gasteiger partial charge in [0, 0.05) is 75.4 Å². The molecule has 64 heavy (non-hydrogen) atoms. The molecule has 5 heterocycles. The molecule has 324 valence electrons. The summed E-state index contributed by atoms with van der Waals surface area (Å²) in [6.45, 7) is 9.95. The number of ether oxygens (including phenoxy) is 1. The van der Waals surface area contributed by atoms with Gasteiger partial charge >= 0.3 is 0 Å². The molecule has 3 aliphatic rings. The highest BCUT2D eigenvalue weighted by Gasteiger charge is 2.44. The maximum Gasteiger partial charge on any atom is 0.274 e. The summed E-state index contributed by atoms with van der Waals surface area (Å²) >= 11 is 0. The van der Waals surface area contributed by atoms with E-state index in [2.05, 4.69) is 40.6 Å². The van der Waals surface area contributed by atoms with Gasteiger partial charge in [-0.15, -0.1) is 0 Å². The fraction of sp³-hybridized carbons (Fsp3) is 0.261. The molecule has 0 radical (unpaired) electrons. The Kier molecular flexibility index (Phi) is 12.3. The minimum absolute atomic E-state index is 0.000200. The van der Waals surface area contributed by atoms with Crippen molar-refractivity contribution in [2.75, 3.05) is 55.4 Å². The van der Waals surface area contributed by atoms with E-state index in [1.807, 2.05) is 6.07 Å². The van der Waals surface area contributed by atoms with Crippen molar-refractivity contribution in [2.24, 2.45) is 0 Å². The predicted octanol–water partition coefficient (Wildman–Crippen LogP) is 5.49. The van der Waals surface area contributed by atoms with Gasteiger partial charge in [0.1, 0.15) is 23.3 Å². The Morgan fingerprint density at radius 2 is 1.75 bits per heavy atom. The number of carbonyl (C=O) groups is 6. The van der Waals surface area contributed by atoms with E-state index in [4.69, 9.17) is 11.3 Å². The lowest BCUT2D eigenvalue weighted by Crippen LogP contribution is -2.54. The lowest BCUT2D eigenvalue weighted by molar-refractivity contribution is -0.136. The first kappa shape index (κ1) is 42.6. The summed E-state index contributed by atoms with van der Waals surface area (Å²) in [5, 5.41) is 8.40. The molecule has 0 aliphatic carbocycles. The molecule has 0 bridgehead atoms. The van der Waals surface area contributed by atoms with Crippen LogP contribution in [-0.4, -0.2) is 106 Å². The Balaban J connectivity index is 0.886. The third-order valence-electron chi connectivity index (χ3n) is 11.3. The van der Waals surface area contributed by atoms with Crippen molar-refractivity contribution >= 4 is 58.2 Å². The molecule has 3 aromatic carbocycles. The molecule has 0 saturated carbocycles. The second-order valence-electron chi connectivity index (χ2n) is 15.2. The van der Waals surface area contributed by atoms with Gasteiger partial charge < -0.3 is 25.2 Å². The van der Waals surface area contributed by atoms with E-state index in [1.54, 1.807) is 59.8 Å². The molecule has 3 N–H and O–H groups in total. The molecular weight excluding hydrogens is 824 g/mol. The molecule has 2 fully saturated rings. The zero-order chi connectivity index (χ0) is 44.9. The lowest BCUT2D eigenvalue weighted by Gasteiger charge is -2.37. The van der Waals surface area contributed by atoms with Gasteiger partial charge in [0.15, 0.2) is 11.5 Å². The van der Waals surface area contributed by atoms with Gasteiger partial charge in [0.25, 0.3) is 17.7 Å². The predicted molar refractivity (Wildman–Crippen MR) is 232 cm³/mol. The Bertz CT molecular complexity index is 2750. The normalized spacial score (nSPS) is 16.0. The highest BCUT2D eigenvalue weighted by molar-refractivity contribution is 6.23. The molecule has 1 unspecified atom stereocenters. The number of hydrogen-bond acceptors (Lipinski definition) is 12. The molecule has 8 rings (SSSR count). The Labute approximate surface area is 366 Å². The van der Waals surface area contributed by atoms with Crippen LogP contribution in [0.2, 0.25) is 0 Å². The van der Waals surface area contributed by atoms with E-state index >= 15 is 0 Å². The van der Waals surface area contributed by atoms with E-state index in [-0.39, 0.29) is 52.7 Å². The van der Waals surface area contributed by atoms with Gasteiger partial charge in [-0.1, -0.05) is 12.1 Å². The van der Waals surface area contributed by atoms with Gasteiger partial charge in [-0.25, -0.2) is 19.2 Å². The maximum absolute atomic E-state index is 14.9. The summed E-state index contributed by atoms with van der Waals surface area (Å²) < 4.78 is 20.2. The van der Waals surface area contributed by atoms with Crippen LogP contribution >= 0.6 is 0 Å². The first-order chi connectivity index (χ1) is 31.0. The highest BCUT2D eigenvalue weighted by Crippen LogP contribution is 2.37. The molecule has 17 nitrogen and oxygen atoms in total. The van der Waals surface area contributed by atoms with Crippen LogP contribution in [0.3, 0.4) is 0 Å². The summed E-state index contributed by atoms with van der Waals surface area (Å²) in [5.74, 6) is -3.22. The van der Waals surface area contributed by atoms with Crippen LogP contribution in [-0.2, 0) is 14.4 Å². The standard InChI is InChI=1S/C46H41FN10O7/c1-48-33-15-18-49-26-31(33)27-9-12-34(53-43(60)35-16-19-51-42(52-35)41-32(47)6-5-7-38(41)64-2)37(24-27)55-20-22-56(23-21-55)40(59)8-3-4-17-50-28-10-11-29-30(25-28)46(63)57(45(29)62)36-13-14-39(58)54-44(36)61/h5-7,9-12,15-16,18-19,24-26,36,50H,3-4,8,13-14,17,20-23H2,2H3,(H,53,60)(H,54,58,61). The number of nitrogens with one attached hydrogen (secondary N) is 3. The SMILES string of the molecule is [C-]#[N+]c1ccncc1-c1ccc(NC(=O)c2ccnc(-c3c(F)cccc3OC)n2)c(N2CCN(C(=O)CCCCNc3ccc4c(c3)C(=O)N(C3CCC(=O)NC3=O)C4=O)CC2)c1. The number of pyridine rings is 1. The van der Waals surface area contributed by atoms with Crippen LogP contribution in [0.5, 0.6) is 5.75 Å². The number of piperidine rings is 1. The number of fused-ring (bicyclic) bond motifs is 1. The first-order valence-corrected chi connectivity index (χ1v) is 20.6. The number of amides is 6. The van der Waals surface area contributed by atoms with E-state index in [0.29, 0.717) is 85.9 Å². The minimum atomic E-state index is -1.04. The third-order valence-corrected chi connectivity index (χ3v) is 11.3. The van der Waals surface area contributed by atoms with Crippen molar-refractivity contribution in [1.82, 2.24) is 30.1 Å². The average Bonchev–Trinajstić information content (AvgIpc) is 3.56. The largest absolute Gasteiger partial charge is 0.496 e. The molecule has 2 aromatic heterocycles. The quantitative estimate of drug-likeness (QED) is 0.0765. The molecular formula is C46H41FN10O7. The minimum Gasteiger partial charge on any atom is -0.496 e. The van der Waals surface area contributed by atoms with E-state index in [0.717, 1.165) is 4.90 Å². The number of carbonyl (C=O) groups excluding carboxylic acids is 6. The van der Waals surface area contributed by atoms with Crippen LogP contribution < -0.4 is 25.6 Å². The second kappa shape index (κ2) is 18.5. The van der Waals surface area contributed by atoms with E-state index in [9.17, 15) is 33.2 Å². The van der Waals surface area contributed by atoms with Crippen molar-refractivity contribution in [3.05, 3.63) is 119 Å². The zero-order valence-corrected chi connectivity index (χ0v) is 34.6. The molecule has 5 aromatic rings. The highest BCUT2D eigenvalue weighted by atomic mass is 19.1. The Hall–Kier alpha value is -8.07. The number of imide groups is 2. The smallest absolute Gasteiger partial charge is 0.274 e. The number of benzene rings is 3. The number of halogens is 1. The Morgan fingerprint density at radius 3 is 2.53 bits per heavy atom.